The van der Waals surface area contributed by atoms with Crippen LogP contribution >= 0.6 is 0 Å². The van der Waals surface area contributed by atoms with Crippen LogP contribution in [0.25, 0.3) is 6.08 Å². The Morgan fingerprint density at radius 3 is 2.12 bits per heavy atom. The molecule has 0 aliphatic carbocycles. The van der Waals surface area contributed by atoms with Crippen LogP contribution in [0.15, 0.2) is 12.3 Å². The van der Waals surface area contributed by atoms with E-state index in [-0.39, 0.29) is 0 Å². The van der Waals surface area contributed by atoms with Crippen molar-refractivity contribution in [3.05, 3.63) is 23.5 Å². The Bertz CT molecular complexity index is 272. The van der Waals surface area contributed by atoms with Gasteiger partial charge in [0.15, 0.2) is 0 Å². The van der Waals surface area contributed by atoms with E-state index in [9.17, 15) is 0 Å². The van der Waals surface area contributed by atoms with E-state index in [2.05, 4.69) is 31.9 Å². The van der Waals surface area contributed by atoms with Crippen molar-refractivity contribution < 1.29 is 0 Å². The molecule has 0 bridgehead atoms. The minimum Gasteiger partial charge on any atom is -0.272 e. The van der Waals surface area contributed by atoms with Crippen molar-refractivity contribution in [3.8, 4) is 0 Å². The van der Waals surface area contributed by atoms with Gasteiger partial charge in [0, 0.05) is 18.3 Å². The number of aromatic nitrogens is 2. The summed E-state index contributed by atoms with van der Waals surface area (Å²) in [5.41, 5.74) is 2.53. The summed E-state index contributed by atoms with van der Waals surface area (Å²) in [7, 11) is 1.98. The van der Waals surface area contributed by atoms with E-state index in [1.165, 1.54) is 17.7 Å². The zero-order valence-electron chi connectivity index (χ0n) is 12.0. The molecule has 2 heteroatoms. The van der Waals surface area contributed by atoms with Crippen LogP contribution in [-0.2, 0) is 13.5 Å². The van der Waals surface area contributed by atoms with Gasteiger partial charge in [0.1, 0.15) is 0 Å². The van der Waals surface area contributed by atoms with Gasteiger partial charge in [-0.2, -0.15) is 5.10 Å². The fraction of sp³-hybridized carbons (Fsp3) is 0.643. The van der Waals surface area contributed by atoms with Crippen LogP contribution in [0.4, 0.5) is 0 Å². The fourth-order valence-corrected chi connectivity index (χ4v) is 1.23. The zero-order chi connectivity index (χ0) is 13.0. The van der Waals surface area contributed by atoms with Crippen LogP contribution in [0, 0.1) is 0 Å². The van der Waals surface area contributed by atoms with E-state index in [1.54, 1.807) is 0 Å². The van der Waals surface area contributed by atoms with Crippen LogP contribution in [0.3, 0.4) is 0 Å². The van der Waals surface area contributed by atoms with Crippen molar-refractivity contribution in [3.63, 3.8) is 0 Å². The summed E-state index contributed by atoms with van der Waals surface area (Å²) >= 11 is 0. The molecule has 2 nitrogen and oxygen atoms in total. The first-order chi connectivity index (χ1) is 7.71. The van der Waals surface area contributed by atoms with Gasteiger partial charge in [-0.25, -0.2) is 0 Å². The smallest absolute Gasteiger partial charge is 0.0564 e. The molecule has 16 heavy (non-hydrogen) atoms. The molecule has 1 aromatic heterocycles. The lowest BCUT2D eigenvalue weighted by atomic mass is 10.2. The molecular weight excluding hydrogens is 196 g/mol. The SMILES string of the molecule is C/C=C\c1cnn(C)c1CC.CC.CCC. The second-order valence-corrected chi connectivity index (χ2v) is 3.23. The Balaban J connectivity index is 0. The average Bonchev–Trinajstić information content (AvgIpc) is 2.64. The summed E-state index contributed by atoms with van der Waals surface area (Å²) in [5, 5.41) is 4.17. The van der Waals surface area contributed by atoms with E-state index >= 15 is 0 Å². The Morgan fingerprint density at radius 2 is 1.75 bits per heavy atom. The molecule has 0 saturated carbocycles. The number of hydrogen-bond donors (Lipinski definition) is 0. The standard InChI is InChI=1S/C9H14N2.C3H8.C2H6/c1-4-6-8-7-10-11(3)9(8)5-2;1-3-2;1-2/h4,6-7H,5H2,1-3H3;3H2,1-2H3;1-2H3/b6-4-;;. The Hall–Kier alpha value is -1.05. The summed E-state index contributed by atoms with van der Waals surface area (Å²) in [4.78, 5) is 0. The summed E-state index contributed by atoms with van der Waals surface area (Å²) in [6, 6.07) is 0. The lowest BCUT2D eigenvalue weighted by molar-refractivity contribution is 0.717. The van der Waals surface area contributed by atoms with Gasteiger partial charge in [-0.1, -0.05) is 53.2 Å². The number of allylic oxidation sites excluding steroid dienone is 1. The average molecular weight is 224 g/mol. The van der Waals surface area contributed by atoms with E-state index in [0.717, 1.165) is 6.42 Å². The second kappa shape index (κ2) is 12.0. The number of aryl methyl sites for hydroxylation is 1. The van der Waals surface area contributed by atoms with E-state index in [4.69, 9.17) is 0 Å². The third-order valence-electron chi connectivity index (χ3n) is 1.77. The predicted octanol–water partition coefficient (Wildman–Crippen LogP) is 4.46. The molecule has 0 amide bonds. The molecule has 0 atom stereocenters. The lowest BCUT2D eigenvalue weighted by Gasteiger charge is -1.97. The highest BCUT2D eigenvalue weighted by Crippen LogP contribution is 2.09. The molecule has 0 fully saturated rings. The van der Waals surface area contributed by atoms with Gasteiger partial charge in [0.25, 0.3) is 0 Å². The minimum atomic E-state index is 1.04. The summed E-state index contributed by atoms with van der Waals surface area (Å²) in [6.07, 6.45) is 8.32. The molecular formula is C14H28N2. The van der Waals surface area contributed by atoms with E-state index in [1.807, 2.05) is 44.8 Å². The molecule has 0 spiro atoms. The van der Waals surface area contributed by atoms with Crippen molar-refractivity contribution in [2.75, 3.05) is 0 Å². The highest BCUT2D eigenvalue weighted by atomic mass is 15.3. The molecule has 0 saturated heterocycles. The van der Waals surface area contributed by atoms with Crippen molar-refractivity contribution in [1.82, 2.24) is 9.78 Å². The number of hydrogen-bond acceptors (Lipinski definition) is 1. The van der Waals surface area contributed by atoms with Gasteiger partial charge >= 0.3 is 0 Å². The van der Waals surface area contributed by atoms with Gasteiger partial charge in [0.2, 0.25) is 0 Å². The quantitative estimate of drug-likeness (QED) is 0.725. The predicted molar refractivity (Wildman–Crippen MR) is 74.6 cm³/mol. The fourth-order valence-electron chi connectivity index (χ4n) is 1.23. The van der Waals surface area contributed by atoms with Crippen LogP contribution in [0.2, 0.25) is 0 Å². The zero-order valence-corrected chi connectivity index (χ0v) is 12.0. The maximum absolute atomic E-state index is 4.17. The molecule has 0 radical (unpaired) electrons. The molecule has 0 aliphatic rings. The highest BCUT2D eigenvalue weighted by molar-refractivity contribution is 5.50. The first kappa shape index (κ1) is 17.3. The molecule has 1 aromatic rings. The third-order valence-corrected chi connectivity index (χ3v) is 1.77. The largest absolute Gasteiger partial charge is 0.272 e. The lowest BCUT2D eigenvalue weighted by Crippen LogP contribution is -1.96. The molecule has 94 valence electrons. The molecule has 0 N–H and O–H groups in total. The molecule has 0 unspecified atom stereocenters. The normalized spacial score (nSPS) is 9.19. The van der Waals surface area contributed by atoms with Crippen LogP contribution in [-0.4, -0.2) is 9.78 Å². The van der Waals surface area contributed by atoms with E-state index in [0.29, 0.717) is 0 Å². The summed E-state index contributed by atoms with van der Waals surface area (Å²) in [6.45, 7) is 12.4. The molecule has 1 rings (SSSR count). The van der Waals surface area contributed by atoms with Crippen molar-refractivity contribution in [2.24, 2.45) is 7.05 Å². The first-order valence-corrected chi connectivity index (χ1v) is 6.34. The monoisotopic (exact) mass is 224 g/mol. The molecule has 0 aliphatic heterocycles. The van der Waals surface area contributed by atoms with Gasteiger partial charge in [-0.15, -0.1) is 0 Å². The topological polar surface area (TPSA) is 17.8 Å². The first-order valence-electron chi connectivity index (χ1n) is 6.34. The Labute approximate surface area is 101 Å². The third kappa shape index (κ3) is 6.44. The summed E-state index contributed by atoms with van der Waals surface area (Å²) < 4.78 is 1.93. The van der Waals surface area contributed by atoms with E-state index < -0.39 is 0 Å². The Morgan fingerprint density at radius 1 is 1.25 bits per heavy atom. The van der Waals surface area contributed by atoms with Gasteiger partial charge < -0.3 is 0 Å². The van der Waals surface area contributed by atoms with Gasteiger partial charge in [-0.3, -0.25) is 4.68 Å². The molecule has 0 aromatic carbocycles. The van der Waals surface area contributed by atoms with Crippen LogP contribution in [0.5, 0.6) is 0 Å². The maximum Gasteiger partial charge on any atom is 0.0564 e. The molecule has 1 heterocycles. The van der Waals surface area contributed by atoms with Crippen molar-refractivity contribution >= 4 is 6.08 Å². The van der Waals surface area contributed by atoms with Gasteiger partial charge in [-0.05, 0) is 13.3 Å². The minimum absolute atomic E-state index is 1.04. The van der Waals surface area contributed by atoms with Crippen molar-refractivity contribution in [1.29, 1.82) is 0 Å². The number of rotatable bonds is 2. The van der Waals surface area contributed by atoms with Crippen LogP contribution < -0.4 is 0 Å². The summed E-state index contributed by atoms with van der Waals surface area (Å²) in [5.74, 6) is 0. The number of nitrogens with zero attached hydrogens (tertiary/aromatic N) is 2. The second-order valence-electron chi connectivity index (χ2n) is 3.23. The van der Waals surface area contributed by atoms with Gasteiger partial charge in [0.05, 0.1) is 6.20 Å². The Kier molecular flexibility index (Phi) is 13.0. The highest BCUT2D eigenvalue weighted by Gasteiger charge is 2.01. The van der Waals surface area contributed by atoms with Crippen molar-refractivity contribution in [2.45, 2.75) is 54.4 Å². The maximum atomic E-state index is 4.17. The van der Waals surface area contributed by atoms with Crippen LogP contribution in [0.1, 0.15) is 59.2 Å².